The van der Waals surface area contributed by atoms with E-state index in [2.05, 4.69) is 31.9 Å². The summed E-state index contributed by atoms with van der Waals surface area (Å²) < 4.78 is 7.66. The second-order valence-electron chi connectivity index (χ2n) is 7.44. The van der Waals surface area contributed by atoms with Gasteiger partial charge in [-0.05, 0) is 24.3 Å². The van der Waals surface area contributed by atoms with Gasteiger partial charge in [0.05, 0.1) is 28.7 Å². The number of hydrogen-bond acceptors (Lipinski definition) is 8. The Balaban J connectivity index is 1.26. The number of hydrogen-bond donors (Lipinski definition) is 1. The topological polar surface area (TPSA) is 74.3 Å². The van der Waals surface area contributed by atoms with Gasteiger partial charge >= 0.3 is 0 Å². The third-order valence-corrected chi connectivity index (χ3v) is 7.62. The van der Waals surface area contributed by atoms with Crippen LogP contribution < -0.4 is 20.1 Å². The molecule has 1 fully saturated rings. The van der Waals surface area contributed by atoms with Gasteiger partial charge in [0.25, 0.3) is 5.56 Å². The highest BCUT2D eigenvalue weighted by molar-refractivity contribution is 8.00. The molecule has 1 aliphatic rings. The third-order valence-electron chi connectivity index (χ3n) is 5.41. The maximum atomic E-state index is 12.3. The molecule has 2 aromatic heterocycles. The van der Waals surface area contributed by atoms with Crippen LogP contribution in [0.5, 0.6) is 5.75 Å². The zero-order valence-electron chi connectivity index (χ0n) is 17.7. The molecule has 0 saturated carbocycles. The van der Waals surface area contributed by atoms with Crippen molar-refractivity contribution in [3.8, 4) is 5.75 Å². The summed E-state index contributed by atoms with van der Waals surface area (Å²) in [5.74, 6) is 2.12. The number of nitrogens with one attached hydrogen (secondary N) is 1. The lowest BCUT2D eigenvalue weighted by Crippen LogP contribution is -2.47. The molecule has 32 heavy (non-hydrogen) atoms. The van der Waals surface area contributed by atoms with Gasteiger partial charge in [-0.3, -0.25) is 9.78 Å². The number of thiazole rings is 1. The molecule has 1 saturated heterocycles. The molecule has 1 aliphatic heterocycles. The summed E-state index contributed by atoms with van der Waals surface area (Å²) in [6, 6.07) is 17.7. The summed E-state index contributed by atoms with van der Waals surface area (Å²) in [7, 11) is 1.70. The highest BCUT2D eigenvalue weighted by Gasteiger charge is 2.21. The van der Waals surface area contributed by atoms with Crippen molar-refractivity contribution in [3.05, 3.63) is 70.6 Å². The summed E-state index contributed by atoms with van der Waals surface area (Å²) in [4.78, 5) is 29.1. The number of para-hydroxylation sites is 3. The van der Waals surface area contributed by atoms with E-state index in [4.69, 9.17) is 9.72 Å². The van der Waals surface area contributed by atoms with Crippen LogP contribution in [0.2, 0.25) is 0 Å². The number of methoxy groups -OCH3 is 1. The van der Waals surface area contributed by atoms with Crippen molar-refractivity contribution in [1.82, 2.24) is 15.0 Å². The number of ether oxygens (including phenoxy) is 1. The van der Waals surface area contributed by atoms with Crippen LogP contribution in [0.15, 0.2) is 63.7 Å². The molecule has 2 aromatic carbocycles. The number of anilines is 2. The Morgan fingerprint density at radius 3 is 2.59 bits per heavy atom. The minimum Gasteiger partial charge on any atom is -0.495 e. The van der Waals surface area contributed by atoms with Crippen LogP contribution in [-0.4, -0.2) is 48.2 Å². The fourth-order valence-corrected chi connectivity index (χ4v) is 5.78. The van der Waals surface area contributed by atoms with E-state index in [0.717, 1.165) is 53.2 Å². The molecule has 0 bridgehead atoms. The van der Waals surface area contributed by atoms with E-state index in [0.29, 0.717) is 11.7 Å². The Kier molecular flexibility index (Phi) is 6.00. The maximum absolute atomic E-state index is 12.3. The number of nitrogens with zero attached hydrogens (tertiary/aromatic N) is 4. The van der Waals surface area contributed by atoms with E-state index in [1.165, 1.54) is 4.70 Å². The Morgan fingerprint density at radius 1 is 1.03 bits per heavy atom. The number of benzene rings is 2. The number of H-pyrrole nitrogens is 1. The maximum Gasteiger partial charge on any atom is 0.252 e. The van der Waals surface area contributed by atoms with E-state index in [1.54, 1.807) is 36.3 Å². The van der Waals surface area contributed by atoms with Gasteiger partial charge in [-0.25, -0.2) is 9.97 Å². The van der Waals surface area contributed by atoms with Gasteiger partial charge in [0.2, 0.25) is 5.95 Å². The normalized spacial score (nSPS) is 14.2. The van der Waals surface area contributed by atoms with Crippen LogP contribution in [-0.2, 0) is 5.75 Å². The smallest absolute Gasteiger partial charge is 0.252 e. The Labute approximate surface area is 194 Å². The number of rotatable bonds is 6. The summed E-state index contributed by atoms with van der Waals surface area (Å²) >= 11 is 3.28. The first kappa shape index (κ1) is 20.8. The van der Waals surface area contributed by atoms with Gasteiger partial charge in [-0.15, -0.1) is 11.3 Å². The molecule has 1 N–H and O–H groups in total. The number of piperazine rings is 1. The van der Waals surface area contributed by atoms with Gasteiger partial charge in [-0.2, -0.15) is 0 Å². The number of aromatic nitrogens is 3. The van der Waals surface area contributed by atoms with Crippen molar-refractivity contribution < 1.29 is 4.74 Å². The average molecular weight is 466 g/mol. The first-order chi connectivity index (χ1) is 15.7. The molecule has 9 heteroatoms. The molecule has 5 rings (SSSR count). The van der Waals surface area contributed by atoms with Gasteiger partial charge in [-0.1, -0.05) is 36.0 Å². The number of fused-ring (bicyclic) bond motifs is 1. The lowest BCUT2D eigenvalue weighted by Gasteiger charge is -2.36. The van der Waals surface area contributed by atoms with Crippen LogP contribution in [0.4, 0.5) is 11.6 Å². The SMILES string of the molecule is COc1ccccc1N1CCN(c2nc(CSc3nc4ccccc4s3)cc(=O)[nH]2)CC1. The van der Waals surface area contributed by atoms with Crippen LogP contribution in [0, 0.1) is 0 Å². The lowest BCUT2D eigenvalue weighted by molar-refractivity contribution is 0.413. The van der Waals surface area contributed by atoms with Crippen LogP contribution in [0.1, 0.15) is 5.69 Å². The molecule has 7 nitrogen and oxygen atoms in total. The molecular weight excluding hydrogens is 442 g/mol. The van der Waals surface area contributed by atoms with Crippen molar-refractivity contribution in [2.24, 2.45) is 0 Å². The van der Waals surface area contributed by atoms with E-state index in [9.17, 15) is 4.79 Å². The summed E-state index contributed by atoms with van der Waals surface area (Å²) in [6.07, 6.45) is 0. The molecule has 0 amide bonds. The van der Waals surface area contributed by atoms with Crippen molar-refractivity contribution in [3.63, 3.8) is 0 Å². The highest BCUT2D eigenvalue weighted by Crippen LogP contribution is 2.31. The lowest BCUT2D eigenvalue weighted by atomic mass is 10.2. The predicted molar refractivity (Wildman–Crippen MR) is 131 cm³/mol. The zero-order valence-corrected chi connectivity index (χ0v) is 19.3. The number of aromatic amines is 1. The molecule has 164 valence electrons. The fourth-order valence-electron chi connectivity index (χ4n) is 3.82. The first-order valence-corrected chi connectivity index (χ1v) is 12.2. The minimum atomic E-state index is -0.123. The Bertz CT molecular complexity index is 1250. The van der Waals surface area contributed by atoms with Crippen LogP contribution >= 0.6 is 23.1 Å². The van der Waals surface area contributed by atoms with Crippen LogP contribution in [0.3, 0.4) is 0 Å². The van der Waals surface area contributed by atoms with Crippen molar-refractivity contribution in [1.29, 1.82) is 0 Å². The molecule has 4 aromatic rings. The van der Waals surface area contributed by atoms with E-state index in [-0.39, 0.29) is 5.56 Å². The monoisotopic (exact) mass is 465 g/mol. The second kappa shape index (κ2) is 9.22. The summed E-state index contributed by atoms with van der Waals surface area (Å²) in [5, 5.41) is 0. The second-order valence-corrected chi connectivity index (χ2v) is 9.70. The quantitative estimate of drug-likeness (QED) is 0.431. The first-order valence-electron chi connectivity index (χ1n) is 10.4. The average Bonchev–Trinajstić information content (AvgIpc) is 3.26. The molecule has 0 aliphatic carbocycles. The fraction of sp³-hybridized carbons (Fsp3) is 0.261. The van der Waals surface area contributed by atoms with Gasteiger partial charge < -0.3 is 14.5 Å². The van der Waals surface area contributed by atoms with Crippen LogP contribution in [0.25, 0.3) is 10.2 Å². The molecule has 0 atom stereocenters. The van der Waals surface area contributed by atoms with Gasteiger partial charge in [0, 0.05) is 38.0 Å². The van der Waals surface area contributed by atoms with E-state index < -0.39 is 0 Å². The molecule has 3 heterocycles. The molecule has 0 radical (unpaired) electrons. The van der Waals surface area contributed by atoms with Crippen molar-refractivity contribution in [2.75, 3.05) is 43.1 Å². The number of thioether (sulfide) groups is 1. The highest BCUT2D eigenvalue weighted by atomic mass is 32.2. The molecular formula is C23H23N5O2S2. The Hall–Kier alpha value is -3.04. The molecule has 0 spiro atoms. The zero-order chi connectivity index (χ0) is 21.9. The van der Waals surface area contributed by atoms with Crippen molar-refractivity contribution in [2.45, 2.75) is 10.1 Å². The van der Waals surface area contributed by atoms with E-state index in [1.807, 2.05) is 36.4 Å². The minimum absolute atomic E-state index is 0.123. The van der Waals surface area contributed by atoms with E-state index >= 15 is 0 Å². The Morgan fingerprint density at radius 2 is 1.78 bits per heavy atom. The summed E-state index contributed by atoms with van der Waals surface area (Å²) in [6.45, 7) is 3.20. The largest absolute Gasteiger partial charge is 0.495 e. The third kappa shape index (κ3) is 4.44. The van der Waals surface area contributed by atoms with Gasteiger partial charge in [0.1, 0.15) is 5.75 Å². The standard InChI is InChI=1S/C23H23N5O2S2/c1-30-19-8-4-3-7-18(19)27-10-12-28(13-11-27)22-24-16(14-21(29)26-22)15-31-23-25-17-6-2-5-9-20(17)32-23/h2-9,14H,10-13,15H2,1H3,(H,24,26,29). The van der Waals surface area contributed by atoms with Crippen molar-refractivity contribution >= 4 is 45.0 Å². The van der Waals surface area contributed by atoms with Gasteiger partial charge in [0.15, 0.2) is 4.34 Å². The predicted octanol–water partition coefficient (Wildman–Crippen LogP) is 4.01. The molecule has 0 unspecified atom stereocenters. The summed E-state index contributed by atoms with van der Waals surface area (Å²) in [5.41, 5.74) is 2.74.